The predicted octanol–water partition coefficient (Wildman–Crippen LogP) is 1.13. The first-order valence-corrected chi connectivity index (χ1v) is 5.44. The standard InChI is InChI=1S/C7H17NO3P/c1-10-5-3-6-11-12(9)7-2-4-8/h2-8H2,1H3/q+1. The molecule has 72 valence electrons. The normalized spacial score (nSPS) is 11.7. The van der Waals surface area contributed by atoms with Crippen LogP contribution in [0.1, 0.15) is 12.8 Å². The molecular formula is C7H17NO3P+. The van der Waals surface area contributed by atoms with E-state index in [1.807, 2.05) is 0 Å². The Labute approximate surface area is 74.3 Å². The van der Waals surface area contributed by atoms with Crippen LogP contribution in [0.4, 0.5) is 0 Å². The SMILES string of the molecule is COCCCO[P+](=O)CCCN. The van der Waals surface area contributed by atoms with Crippen molar-refractivity contribution in [3.8, 4) is 0 Å². The lowest BCUT2D eigenvalue weighted by molar-refractivity contribution is 0.174. The van der Waals surface area contributed by atoms with E-state index in [2.05, 4.69) is 0 Å². The maximum Gasteiger partial charge on any atom is 0.508 e. The van der Waals surface area contributed by atoms with Crippen LogP contribution in [0.25, 0.3) is 0 Å². The van der Waals surface area contributed by atoms with E-state index >= 15 is 0 Å². The quantitative estimate of drug-likeness (QED) is 0.464. The highest BCUT2D eigenvalue weighted by atomic mass is 31.1. The van der Waals surface area contributed by atoms with E-state index in [-0.39, 0.29) is 0 Å². The van der Waals surface area contributed by atoms with Crippen LogP contribution in [-0.2, 0) is 13.8 Å². The van der Waals surface area contributed by atoms with Gasteiger partial charge in [-0.3, -0.25) is 0 Å². The maximum absolute atomic E-state index is 11.0. The second kappa shape index (κ2) is 9.07. The highest BCUT2D eigenvalue weighted by Gasteiger charge is 2.14. The summed E-state index contributed by atoms with van der Waals surface area (Å²) in [5, 5.41) is 0. The van der Waals surface area contributed by atoms with Gasteiger partial charge in [0.05, 0.1) is 0 Å². The summed E-state index contributed by atoms with van der Waals surface area (Å²) in [6.07, 6.45) is 2.12. The fourth-order valence-corrected chi connectivity index (χ4v) is 1.56. The summed E-state index contributed by atoms with van der Waals surface area (Å²) >= 11 is 0. The lowest BCUT2D eigenvalue weighted by Crippen LogP contribution is -2.00. The van der Waals surface area contributed by atoms with Crippen LogP contribution in [0.2, 0.25) is 0 Å². The van der Waals surface area contributed by atoms with Gasteiger partial charge in [-0.25, -0.2) is 0 Å². The Kier molecular flexibility index (Phi) is 9.06. The topological polar surface area (TPSA) is 61.5 Å². The molecule has 0 saturated heterocycles. The molecule has 0 saturated carbocycles. The van der Waals surface area contributed by atoms with Gasteiger partial charge in [0.1, 0.15) is 6.61 Å². The van der Waals surface area contributed by atoms with E-state index in [1.54, 1.807) is 7.11 Å². The number of nitrogens with two attached hydrogens (primary N) is 1. The minimum absolute atomic E-state index is 0.508. The fourth-order valence-electron chi connectivity index (χ4n) is 0.655. The summed E-state index contributed by atoms with van der Waals surface area (Å²) in [5.74, 6) is 0. The van der Waals surface area contributed by atoms with Crippen LogP contribution in [0, 0.1) is 0 Å². The van der Waals surface area contributed by atoms with Crippen LogP contribution in [0.5, 0.6) is 0 Å². The molecule has 1 atom stereocenters. The largest absolute Gasteiger partial charge is 0.508 e. The van der Waals surface area contributed by atoms with Crippen LogP contribution < -0.4 is 5.73 Å². The summed E-state index contributed by atoms with van der Waals surface area (Å²) in [7, 11) is 0.145. The van der Waals surface area contributed by atoms with Crippen LogP contribution in [0.15, 0.2) is 0 Å². The van der Waals surface area contributed by atoms with Crippen LogP contribution in [0.3, 0.4) is 0 Å². The van der Waals surface area contributed by atoms with Gasteiger partial charge in [-0.05, 0) is 17.5 Å². The summed E-state index contributed by atoms with van der Waals surface area (Å²) in [5.41, 5.74) is 5.25. The molecule has 0 heterocycles. The molecule has 0 aromatic carbocycles. The number of methoxy groups -OCH3 is 1. The molecule has 0 aliphatic heterocycles. The molecule has 0 fully saturated rings. The first-order chi connectivity index (χ1) is 5.81. The Balaban J connectivity index is 3.08. The minimum Gasteiger partial charge on any atom is -0.385 e. The number of hydrogen-bond acceptors (Lipinski definition) is 4. The number of rotatable bonds is 8. The van der Waals surface area contributed by atoms with Crippen molar-refractivity contribution < 1.29 is 13.8 Å². The van der Waals surface area contributed by atoms with Crippen molar-refractivity contribution in [1.82, 2.24) is 0 Å². The second-order valence-electron chi connectivity index (χ2n) is 2.38. The molecule has 0 aromatic rings. The molecule has 12 heavy (non-hydrogen) atoms. The Bertz CT molecular complexity index is 121. The third-order valence-electron chi connectivity index (χ3n) is 1.27. The van der Waals surface area contributed by atoms with Gasteiger partial charge in [-0.2, -0.15) is 0 Å². The van der Waals surface area contributed by atoms with Crippen LogP contribution >= 0.6 is 8.03 Å². The Hall–Kier alpha value is -0.0200. The fraction of sp³-hybridized carbons (Fsp3) is 1.00. The molecule has 4 nitrogen and oxygen atoms in total. The predicted molar refractivity (Wildman–Crippen MR) is 48.6 cm³/mol. The van der Waals surface area contributed by atoms with Gasteiger partial charge < -0.3 is 10.5 Å². The molecule has 0 spiro atoms. The monoisotopic (exact) mass is 194 g/mol. The number of ether oxygens (including phenoxy) is 1. The molecule has 0 aromatic heterocycles. The summed E-state index contributed by atoms with van der Waals surface area (Å²) in [4.78, 5) is 0. The lowest BCUT2D eigenvalue weighted by Gasteiger charge is -1.92. The molecule has 1 unspecified atom stereocenters. The van der Waals surface area contributed by atoms with Crippen molar-refractivity contribution in [1.29, 1.82) is 0 Å². The molecule has 0 bridgehead atoms. The van der Waals surface area contributed by atoms with Gasteiger partial charge in [0.2, 0.25) is 0 Å². The zero-order valence-electron chi connectivity index (χ0n) is 7.49. The van der Waals surface area contributed by atoms with Gasteiger partial charge in [0.25, 0.3) is 0 Å². The third kappa shape index (κ3) is 8.08. The molecule has 0 aliphatic carbocycles. The van der Waals surface area contributed by atoms with E-state index < -0.39 is 8.03 Å². The molecule has 2 N–H and O–H groups in total. The molecular weight excluding hydrogens is 177 g/mol. The average Bonchev–Trinajstić information content (AvgIpc) is 2.09. The van der Waals surface area contributed by atoms with E-state index in [0.717, 1.165) is 12.8 Å². The first-order valence-electron chi connectivity index (χ1n) is 4.08. The molecule has 0 radical (unpaired) electrons. The third-order valence-corrected chi connectivity index (χ3v) is 2.42. The van der Waals surface area contributed by atoms with Crippen molar-refractivity contribution in [2.24, 2.45) is 5.73 Å². The van der Waals surface area contributed by atoms with E-state index in [0.29, 0.717) is 25.9 Å². The van der Waals surface area contributed by atoms with Crippen molar-refractivity contribution in [3.05, 3.63) is 0 Å². The zero-order chi connectivity index (χ0) is 9.23. The zero-order valence-corrected chi connectivity index (χ0v) is 8.39. The molecule has 0 rings (SSSR count). The average molecular weight is 194 g/mol. The molecule has 0 aliphatic rings. The smallest absolute Gasteiger partial charge is 0.385 e. The van der Waals surface area contributed by atoms with E-state index in [9.17, 15) is 4.57 Å². The van der Waals surface area contributed by atoms with Crippen LogP contribution in [-0.4, -0.2) is 33.0 Å². The van der Waals surface area contributed by atoms with Crippen molar-refractivity contribution in [3.63, 3.8) is 0 Å². The maximum atomic E-state index is 11.0. The Morgan fingerprint density at radius 3 is 2.67 bits per heavy atom. The summed E-state index contributed by atoms with van der Waals surface area (Å²) < 4.78 is 20.8. The second-order valence-corrected chi connectivity index (χ2v) is 3.75. The number of hydrogen-bond donors (Lipinski definition) is 1. The van der Waals surface area contributed by atoms with E-state index in [1.165, 1.54) is 0 Å². The van der Waals surface area contributed by atoms with Gasteiger partial charge in [0, 0.05) is 20.1 Å². The lowest BCUT2D eigenvalue weighted by atomic mass is 10.5. The Morgan fingerprint density at radius 2 is 2.08 bits per heavy atom. The highest BCUT2D eigenvalue weighted by molar-refractivity contribution is 7.39. The van der Waals surface area contributed by atoms with Gasteiger partial charge in [-0.15, -0.1) is 4.52 Å². The van der Waals surface area contributed by atoms with Gasteiger partial charge >= 0.3 is 8.03 Å². The van der Waals surface area contributed by atoms with E-state index in [4.69, 9.17) is 15.0 Å². The first kappa shape index (κ1) is 12.0. The molecule has 5 heteroatoms. The summed E-state index contributed by atoms with van der Waals surface area (Å²) in [6, 6.07) is 0. The summed E-state index contributed by atoms with van der Waals surface area (Å²) in [6.45, 7) is 1.73. The van der Waals surface area contributed by atoms with Gasteiger partial charge in [0.15, 0.2) is 6.16 Å². The minimum atomic E-state index is -1.49. The van der Waals surface area contributed by atoms with Crippen molar-refractivity contribution in [2.75, 3.05) is 33.0 Å². The van der Waals surface area contributed by atoms with Crippen molar-refractivity contribution in [2.45, 2.75) is 12.8 Å². The van der Waals surface area contributed by atoms with Crippen molar-refractivity contribution >= 4 is 8.03 Å². The molecule has 0 amide bonds. The highest BCUT2D eigenvalue weighted by Crippen LogP contribution is 2.22. The Morgan fingerprint density at radius 1 is 1.33 bits per heavy atom. The van der Waals surface area contributed by atoms with Gasteiger partial charge in [-0.1, -0.05) is 0 Å².